The lowest BCUT2D eigenvalue weighted by molar-refractivity contribution is 0.220. The van der Waals surface area contributed by atoms with Crippen molar-refractivity contribution in [1.29, 1.82) is 0 Å². The minimum atomic E-state index is 0.0445. The van der Waals surface area contributed by atoms with Crippen LogP contribution in [0.3, 0.4) is 0 Å². The molecule has 0 spiro atoms. The van der Waals surface area contributed by atoms with Crippen LogP contribution in [0.1, 0.15) is 12.0 Å². The number of carbonyl (C=O) groups excluding carboxylic acids is 1. The van der Waals surface area contributed by atoms with E-state index in [2.05, 4.69) is 17.0 Å². The van der Waals surface area contributed by atoms with Crippen molar-refractivity contribution in [2.24, 2.45) is 5.92 Å². The molecule has 1 unspecified atom stereocenters. The molecule has 1 fully saturated rings. The van der Waals surface area contributed by atoms with Crippen molar-refractivity contribution < 1.29 is 9.90 Å². The van der Waals surface area contributed by atoms with Gasteiger partial charge in [0.05, 0.1) is 0 Å². The Labute approximate surface area is 124 Å². The molecule has 2 rings (SSSR count). The molecule has 1 aliphatic rings. The van der Waals surface area contributed by atoms with Gasteiger partial charge < -0.3 is 10.0 Å². The molecule has 1 atom stereocenters. The van der Waals surface area contributed by atoms with Gasteiger partial charge in [-0.3, -0.25) is 9.69 Å². The molecule has 1 aromatic carbocycles. The Morgan fingerprint density at radius 2 is 2.10 bits per heavy atom. The monoisotopic (exact) mass is 294 g/mol. The van der Waals surface area contributed by atoms with Crippen LogP contribution in [0.2, 0.25) is 0 Å². The number of nitrogens with zero attached hydrogens (tertiary/aromatic N) is 2. The number of aliphatic hydroxyl groups excluding tert-OH is 1. The lowest BCUT2D eigenvalue weighted by Crippen LogP contribution is -2.20. The van der Waals surface area contributed by atoms with Crippen molar-refractivity contribution in [2.75, 3.05) is 33.8 Å². The third-order valence-corrected chi connectivity index (χ3v) is 4.58. The minimum absolute atomic E-state index is 0.0445. The van der Waals surface area contributed by atoms with Crippen LogP contribution in [0.25, 0.3) is 0 Å². The second-order valence-corrected chi connectivity index (χ2v) is 6.50. The fourth-order valence-corrected chi connectivity index (χ4v) is 2.98. The summed E-state index contributed by atoms with van der Waals surface area (Å²) >= 11 is 1.25. The Bertz CT molecular complexity index is 448. The third kappa shape index (κ3) is 4.23. The number of amides is 1. The van der Waals surface area contributed by atoms with Crippen LogP contribution in [-0.4, -0.2) is 53.9 Å². The normalized spacial score (nSPS) is 19.2. The zero-order chi connectivity index (χ0) is 14.5. The number of rotatable bonds is 4. The van der Waals surface area contributed by atoms with Crippen LogP contribution >= 0.6 is 11.8 Å². The smallest absolute Gasteiger partial charge is 0.285 e. The highest BCUT2D eigenvalue weighted by Crippen LogP contribution is 2.22. The first-order valence-corrected chi connectivity index (χ1v) is 7.71. The maximum atomic E-state index is 11.6. The van der Waals surface area contributed by atoms with Crippen LogP contribution in [0.5, 0.6) is 0 Å². The van der Waals surface area contributed by atoms with E-state index in [1.54, 1.807) is 19.0 Å². The first kappa shape index (κ1) is 15.4. The van der Waals surface area contributed by atoms with Gasteiger partial charge in [0.25, 0.3) is 5.24 Å². The fourth-order valence-electron chi connectivity index (χ4n) is 2.32. The maximum Gasteiger partial charge on any atom is 0.285 e. The number of hydrogen-bond acceptors (Lipinski definition) is 4. The lowest BCUT2D eigenvalue weighted by atomic mass is 10.1. The topological polar surface area (TPSA) is 43.8 Å². The van der Waals surface area contributed by atoms with Crippen LogP contribution in [0.4, 0.5) is 4.79 Å². The summed E-state index contributed by atoms with van der Waals surface area (Å²) in [5.74, 6) is 0.433. The average Bonchev–Trinajstić information content (AvgIpc) is 2.88. The van der Waals surface area contributed by atoms with E-state index < -0.39 is 0 Å². The van der Waals surface area contributed by atoms with Crippen LogP contribution in [0.15, 0.2) is 29.2 Å². The third-order valence-electron chi connectivity index (χ3n) is 3.53. The molecule has 110 valence electrons. The van der Waals surface area contributed by atoms with Crippen molar-refractivity contribution in [2.45, 2.75) is 17.9 Å². The van der Waals surface area contributed by atoms with E-state index in [0.717, 1.165) is 31.0 Å². The molecule has 1 heterocycles. The van der Waals surface area contributed by atoms with Gasteiger partial charge in [-0.1, -0.05) is 12.1 Å². The number of carbonyl (C=O) groups is 1. The van der Waals surface area contributed by atoms with E-state index in [9.17, 15) is 4.79 Å². The molecule has 1 N–H and O–H groups in total. The number of hydrogen-bond donors (Lipinski definition) is 1. The highest BCUT2D eigenvalue weighted by molar-refractivity contribution is 8.13. The fraction of sp³-hybridized carbons (Fsp3) is 0.533. The van der Waals surface area contributed by atoms with E-state index in [-0.39, 0.29) is 5.24 Å². The summed E-state index contributed by atoms with van der Waals surface area (Å²) in [5.41, 5.74) is 1.25. The average molecular weight is 294 g/mol. The standard InChI is InChI=1S/C15H22N2O2S/c1-16(2)15(19)20-14-5-3-12(4-6-14)9-17-8-7-13(10-17)11-18/h3-6,13,18H,7-11H2,1-2H3. The summed E-state index contributed by atoms with van der Waals surface area (Å²) in [4.78, 5) is 16.5. The Hall–Kier alpha value is -1.04. The van der Waals surface area contributed by atoms with Crippen molar-refractivity contribution >= 4 is 17.0 Å². The predicted octanol–water partition coefficient (Wildman–Crippen LogP) is 2.27. The number of thioether (sulfide) groups is 1. The molecule has 20 heavy (non-hydrogen) atoms. The predicted molar refractivity (Wildman–Crippen MR) is 81.9 cm³/mol. The van der Waals surface area contributed by atoms with E-state index in [1.165, 1.54) is 17.3 Å². The molecular weight excluding hydrogens is 272 g/mol. The van der Waals surface area contributed by atoms with Crippen molar-refractivity contribution in [3.05, 3.63) is 29.8 Å². The van der Waals surface area contributed by atoms with Crippen LogP contribution in [0, 0.1) is 5.92 Å². The molecule has 0 bridgehead atoms. The molecule has 0 saturated carbocycles. The van der Waals surface area contributed by atoms with Crippen LogP contribution in [-0.2, 0) is 6.54 Å². The van der Waals surface area contributed by atoms with Crippen LogP contribution < -0.4 is 0 Å². The van der Waals surface area contributed by atoms with E-state index >= 15 is 0 Å². The number of benzene rings is 1. The largest absolute Gasteiger partial charge is 0.396 e. The van der Waals surface area contributed by atoms with Gasteiger partial charge in [-0.2, -0.15) is 0 Å². The highest BCUT2D eigenvalue weighted by Gasteiger charge is 2.21. The second kappa shape index (κ2) is 7.11. The molecule has 0 aromatic heterocycles. The van der Waals surface area contributed by atoms with Gasteiger partial charge in [0.15, 0.2) is 0 Å². The minimum Gasteiger partial charge on any atom is -0.396 e. The molecule has 1 saturated heterocycles. The molecule has 0 radical (unpaired) electrons. The number of aliphatic hydroxyl groups is 1. The van der Waals surface area contributed by atoms with E-state index in [4.69, 9.17) is 5.11 Å². The first-order valence-electron chi connectivity index (χ1n) is 6.89. The Kier molecular flexibility index (Phi) is 5.46. The first-order chi connectivity index (χ1) is 9.58. The molecule has 5 heteroatoms. The molecule has 1 aromatic rings. The molecular formula is C15H22N2O2S. The van der Waals surface area contributed by atoms with Gasteiger partial charge in [-0.25, -0.2) is 0 Å². The molecule has 4 nitrogen and oxygen atoms in total. The van der Waals surface area contributed by atoms with Crippen molar-refractivity contribution in [1.82, 2.24) is 9.80 Å². The molecule has 0 aliphatic carbocycles. The molecule has 1 amide bonds. The summed E-state index contributed by atoms with van der Waals surface area (Å²) in [6.45, 7) is 3.24. The maximum absolute atomic E-state index is 11.6. The summed E-state index contributed by atoms with van der Waals surface area (Å²) in [7, 11) is 3.52. The molecule has 1 aliphatic heterocycles. The van der Waals surface area contributed by atoms with Gasteiger partial charge in [0.1, 0.15) is 0 Å². The zero-order valence-electron chi connectivity index (χ0n) is 12.1. The highest BCUT2D eigenvalue weighted by atomic mass is 32.2. The van der Waals surface area contributed by atoms with Crippen molar-refractivity contribution in [3.8, 4) is 0 Å². The van der Waals surface area contributed by atoms with Gasteiger partial charge in [-0.05, 0) is 48.3 Å². The zero-order valence-corrected chi connectivity index (χ0v) is 12.9. The summed E-state index contributed by atoms with van der Waals surface area (Å²) in [6, 6.07) is 8.16. The van der Waals surface area contributed by atoms with Gasteiger partial charge in [0.2, 0.25) is 0 Å². The summed E-state index contributed by atoms with van der Waals surface area (Å²) in [5, 5.41) is 9.19. The number of likely N-dealkylation sites (tertiary alicyclic amines) is 1. The SMILES string of the molecule is CN(C)C(=O)Sc1ccc(CN2CCC(CO)C2)cc1. The van der Waals surface area contributed by atoms with Gasteiger partial charge in [-0.15, -0.1) is 0 Å². The van der Waals surface area contributed by atoms with E-state index in [1.807, 2.05) is 12.1 Å². The summed E-state index contributed by atoms with van der Waals surface area (Å²) < 4.78 is 0. The lowest BCUT2D eigenvalue weighted by Gasteiger charge is -2.16. The Balaban J connectivity index is 1.87. The summed E-state index contributed by atoms with van der Waals surface area (Å²) in [6.07, 6.45) is 1.09. The van der Waals surface area contributed by atoms with Crippen molar-refractivity contribution in [3.63, 3.8) is 0 Å². The van der Waals surface area contributed by atoms with E-state index in [0.29, 0.717) is 12.5 Å². The quantitative estimate of drug-likeness (QED) is 0.865. The van der Waals surface area contributed by atoms with Gasteiger partial charge >= 0.3 is 0 Å². The van der Waals surface area contributed by atoms with Gasteiger partial charge in [0, 0.05) is 38.7 Å². The second-order valence-electron chi connectivity index (χ2n) is 5.48. The Morgan fingerprint density at radius 3 is 2.65 bits per heavy atom. The Morgan fingerprint density at radius 1 is 1.40 bits per heavy atom.